The van der Waals surface area contributed by atoms with E-state index in [1.165, 1.54) is 5.56 Å². The summed E-state index contributed by atoms with van der Waals surface area (Å²) in [6.07, 6.45) is 6.60. The van der Waals surface area contributed by atoms with Crippen molar-refractivity contribution in [1.29, 1.82) is 0 Å². The Bertz CT molecular complexity index is 444. The second kappa shape index (κ2) is 10.9. The third kappa shape index (κ3) is 8.87. The zero-order chi connectivity index (χ0) is 15.3. The number of urea groups is 1. The van der Waals surface area contributed by atoms with E-state index in [2.05, 4.69) is 23.6 Å². The molecule has 1 aromatic carbocycles. The summed E-state index contributed by atoms with van der Waals surface area (Å²) in [4.78, 5) is 11.5. The molecule has 1 rings (SSSR count). The molecule has 0 spiro atoms. The maximum Gasteiger partial charge on any atom is 0.318 e. The molecule has 0 saturated heterocycles. The minimum absolute atomic E-state index is 0.188. The highest BCUT2D eigenvalue weighted by molar-refractivity contribution is 5.75. The molecule has 21 heavy (non-hydrogen) atoms. The Kier molecular flexibility index (Phi) is 8.96. The number of rotatable bonds is 9. The predicted octanol–water partition coefficient (Wildman–Crippen LogP) is 3.47. The van der Waals surface area contributed by atoms with Crippen LogP contribution in [0.3, 0.4) is 0 Å². The zero-order valence-electron chi connectivity index (χ0n) is 13.0. The van der Waals surface area contributed by atoms with Crippen LogP contribution in [0.5, 0.6) is 0 Å². The van der Waals surface area contributed by atoms with Crippen molar-refractivity contribution in [3.8, 4) is 0 Å². The van der Waals surface area contributed by atoms with Gasteiger partial charge in [0.15, 0.2) is 0 Å². The van der Waals surface area contributed by atoms with Crippen molar-refractivity contribution in [3.05, 3.63) is 41.6 Å². The number of nitrogens with one attached hydrogen (secondary N) is 2. The Labute approximate surface area is 127 Å². The maximum absolute atomic E-state index is 11.5. The summed E-state index contributed by atoms with van der Waals surface area (Å²) in [6.45, 7) is 6.30. The van der Waals surface area contributed by atoms with Crippen LogP contribution in [0, 0.1) is 6.92 Å². The molecule has 1 aromatic rings. The Hall–Kier alpha value is -1.81. The molecule has 0 radical (unpaired) electrons. The summed E-state index contributed by atoms with van der Waals surface area (Å²) >= 11 is 0. The minimum atomic E-state index is -0.188. The van der Waals surface area contributed by atoms with Gasteiger partial charge in [-0.3, -0.25) is 0 Å². The summed E-state index contributed by atoms with van der Waals surface area (Å²) < 4.78 is 5.42. The van der Waals surface area contributed by atoms with E-state index in [9.17, 15) is 4.79 Å². The Morgan fingerprint density at radius 3 is 2.86 bits per heavy atom. The van der Waals surface area contributed by atoms with E-state index in [0.29, 0.717) is 13.2 Å². The van der Waals surface area contributed by atoms with Crippen LogP contribution in [0.1, 0.15) is 37.3 Å². The van der Waals surface area contributed by atoms with Crippen LogP contribution >= 0.6 is 0 Å². The van der Waals surface area contributed by atoms with Gasteiger partial charge in [0.05, 0.1) is 0 Å². The monoisotopic (exact) mass is 290 g/mol. The molecule has 0 bridgehead atoms. The van der Waals surface area contributed by atoms with Crippen LogP contribution < -0.4 is 10.6 Å². The van der Waals surface area contributed by atoms with Gasteiger partial charge in [0.1, 0.15) is 0 Å². The fourth-order valence-corrected chi connectivity index (χ4v) is 1.76. The highest BCUT2D eigenvalue weighted by Gasteiger charge is 1.96. The number of hydrogen-bond acceptors (Lipinski definition) is 2. The molecule has 0 aliphatic rings. The lowest BCUT2D eigenvalue weighted by Gasteiger charge is -2.05. The summed E-state index contributed by atoms with van der Waals surface area (Å²) in [5, 5.41) is 5.48. The van der Waals surface area contributed by atoms with Crippen molar-refractivity contribution in [3.63, 3.8) is 0 Å². The van der Waals surface area contributed by atoms with Crippen LogP contribution in [-0.2, 0) is 4.74 Å². The van der Waals surface area contributed by atoms with E-state index < -0.39 is 0 Å². The van der Waals surface area contributed by atoms with E-state index in [1.807, 2.05) is 31.2 Å². The van der Waals surface area contributed by atoms with Gasteiger partial charge in [-0.1, -0.05) is 43.2 Å². The number of carbonyl (C=O) groups is 1. The van der Waals surface area contributed by atoms with Crippen molar-refractivity contribution in [1.82, 2.24) is 10.6 Å². The number of benzene rings is 1. The van der Waals surface area contributed by atoms with Crippen molar-refractivity contribution < 1.29 is 9.53 Å². The molecular weight excluding hydrogens is 264 g/mol. The van der Waals surface area contributed by atoms with Gasteiger partial charge in [0, 0.05) is 26.0 Å². The van der Waals surface area contributed by atoms with Gasteiger partial charge in [-0.15, -0.1) is 0 Å². The molecule has 0 aliphatic carbocycles. The molecule has 0 aliphatic heterocycles. The third-order valence-corrected chi connectivity index (χ3v) is 2.93. The van der Waals surface area contributed by atoms with Gasteiger partial charge < -0.3 is 15.4 Å². The SMILES string of the molecule is CCCCOCCCNC(=O)N/C=C/c1cccc(C)c1. The minimum Gasteiger partial charge on any atom is -0.381 e. The molecule has 0 heterocycles. The van der Waals surface area contributed by atoms with Gasteiger partial charge in [0.2, 0.25) is 0 Å². The highest BCUT2D eigenvalue weighted by Crippen LogP contribution is 2.04. The standard InChI is InChI=1S/C17H26N2O2/c1-3-4-12-21-13-6-10-18-17(20)19-11-9-16-8-5-7-15(2)14-16/h5,7-9,11,14H,3-4,6,10,12-13H2,1-2H3,(H2,18,19,20)/b11-9+. The lowest BCUT2D eigenvalue weighted by Crippen LogP contribution is -2.33. The van der Waals surface area contributed by atoms with E-state index >= 15 is 0 Å². The molecule has 0 atom stereocenters. The van der Waals surface area contributed by atoms with Crippen LogP contribution in [0.2, 0.25) is 0 Å². The summed E-state index contributed by atoms with van der Waals surface area (Å²) in [5.41, 5.74) is 2.27. The van der Waals surface area contributed by atoms with Gasteiger partial charge in [-0.05, 0) is 31.4 Å². The average Bonchev–Trinajstić information content (AvgIpc) is 2.46. The maximum atomic E-state index is 11.5. The number of hydrogen-bond donors (Lipinski definition) is 2. The average molecular weight is 290 g/mol. The lowest BCUT2D eigenvalue weighted by molar-refractivity contribution is 0.129. The molecule has 0 fully saturated rings. The van der Waals surface area contributed by atoms with Crippen LogP contribution in [0.4, 0.5) is 4.79 Å². The summed E-state index contributed by atoms with van der Waals surface area (Å²) in [7, 11) is 0. The molecule has 116 valence electrons. The Balaban J connectivity index is 2.08. The highest BCUT2D eigenvalue weighted by atomic mass is 16.5. The molecule has 0 unspecified atom stereocenters. The molecule has 0 saturated carbocycles. The second-order valence-corrected chi connectivity index (χ2v) is 4.97. The first kappa shape index (κ1) is 17.2. The molecule has 0 aromatic heterocycles. The lowest BCUT2D eigenvalue weighted by atomic mass is 10.1. The number of unbranched alkanes of at least 4 members (excludes halogenated alkanes) is 1. The molecule has 4 heteroatoms. The Morgan fingerprint density at radius 1 is 1.29 bits per heavy atom. The first-order chi connectivity index (χ1) is 10.2. The fourth-order valence-electron chi connectivity index (χ4n) is 1.76. The second-order valence-electron chi connectivity index (χ2n) is 4.97. The first-order valence-electron chi connectivity index (χ1n) is 7.57. The molecular formula is C17H26N2O2. The smallest absolute Gasteiger partial charge is 0.318 e. The largest absolute Gasteiger partial charge is 0.381 e. The van der Waals surface area contributed by atoms with E-state index in [0.717, 1.165) is 31.4 Å². The number of ether oxygens (including phenoxy) is 1. The zero-order valence-corrected chi connectivity index (χ0v) is 13.0. The quantitative estimate of drug-likeness (QED) is 0.684. The van der Waals surface area contributed by atoms with E-state index in [-0.39, 0.29) is 6.03 Å². The van der Waals surface area contributed by atoms with Gasteiger partial charge in [-0.25, -0.2) is 4.79 Å². The van der Waals surface area contributed by atoms with Crippen molar-refractivity contribution >= 4 is 12.1 Å². The normalized spacial score (nSPS) is 10.8. The number of aryl methyl sites for hydroxylation is 1. The molecule has 2 N–H and O–H groups in total. The van der Waals surface area contributed by atoms with Gasteiger partial charge in [-0.2, -0.15) is 0 Å². The fraction of sp³-hybridized carbons (Fsp3) is 0.471. The summed E-state index contributed by atoms with van der Waals surface area (Å²) in [6, 6.07) is 7.90. The van der Waals surface area contributed by atoms with Crippen LogP contribution in [-0.4, -0.2) is 25.8 Å². The number of amides is 2. The van der Waals surface area contributed by atoms with Crippen LogP contribution in [0.15, 0.2) is 30.5 Å². The van der Waals surface area contributed by atoms with Gasteiger partial charge >= 0.3 is 6.03 Å². The van der Waals surface area contributed by atoms with Crippen molar-refractivity contribution in [2.75, 3.05) is 19.8 Å². The third-order valence-electron chi connectivity index (χ3n) is 2.93. The van der Waals surface area contributed by atoms with E-state index in [4.69, 9.17) is 4.74 Å². The van der Waals surface area contributed by atoms with Crippen molar-refractivity contribution in [2.45, 2.75) is 33.1 Å². The molecule has 4 nitrogen and oxygen atoms in total. The summed E-state index contributed by atoms with van der Waals surface area (Å²) in [5.74, 6) is 0. The van der Waals surface area contributed by atoms with Crippen LogP contribution in [0.25, 0.3) is 6.08 Å². The first-order valence-corrected chi connectivity index (χ1v) is 7.57. The van der Waals surface area contributed by atoms with E-state index in [1.54, 1.807) is 6.20 Å². The topological polar surface area (TPSA) is 50.4 Å². The van der Waals surface area contributed by atoms with Gasteiger partial charge in [0.25, 0.3) is 0 Å². The predicted molar refractivity (Wildman–Crippen MR) is 87.1 cm³/mol. The Morgan fingerprint density at radius 2 is 2.10 bits per heavy atom. The molecule has 2 amide bonds. The number of carbonyl (C=O) groups excluding carboxylic acids is 1. The van der Waals surface area contributed by atoms with Crippen molar-refractivity contribution in [2.24, 2.45) is 0 Å².